The molecule has 1 N–H and O–H groups in total. The molecule has 0 heterocycles. The molecule has 0 spiro atoms. The van der Waals surface area contributed by atoms with Gasteiger partial charge in [0, 0.05) is 6.61 Å². The lowest BCUT2D eigenvalue weighted by atomic mass is 9.98. The van der Waals surface area contributed by atoms with Crippen LogP contribution in [0.25, 0.3) is 0 Å². The molecular formula is C13H20O2S. The Bertz CT molecular complexity index is 302. The summed E-state index contributed by atoms with van der Waals surface area (Å²) in [4.78, 5) is 0. The zero-order valence-electron chi connectivity index (χ0n) is 9.98. The Morgan fingerprint density at radius 1 is 1.44 bits per heavy atom. The van der Waals surface area contributed by atoms with Crippen molar-refractivity contribution in [3.05, 3.63) is 29.8 Å². The number of hydrogen-bond donors (Lipinski definition) is 1. The summed E-state index contributed by atoms with van der Waals surface area (Å²) in [5.41, 5.74) is 1.24. The molecule has 0 saturated carbocycles. The lowest BCUT2D eigenvalue weighted by Crippen LogP contribution is -2.10. The number of ether oxygens (including phenoxy) is 1. The van der Waals surface area contributed by atoms with Crippen LogP contribution in [-0.4, -0.2) is 30.8 Å². The summed E-state index contributed by atoms with van der Waals surface area (Å²) < 4.78 is 5.18. The van der Waals surface area contributed by atoms with E-state index in [0.29, 0.717) is 5.92 Å². The minimum absolute atomic E-state index is 0.262. The van der Waals surface area contributed by atoms with E-state index in [1.54, 1.807) is 7.11 Å². The van der Waals surface area contributed by atoms with Crippen LogP contribution >= 0.6 is 11.8 Å². The highest BCUT2D eigenvalue weighted by Crippen LogP contribution is 2.18. The van der Waals surface area contributed by atoms with Gasteiger partial charge in [-0.2, -0.15) is 11.8 Å². The maximum Gasteiger partial charge on any atom is 0.119 e. The fraction of sp³-hybridized carbons (Fsp3) is 0.538. The molecule has 1 aromatic carbocycles. The molecule has 16 heavy (non-hydrogen) atoms. The molecule has 1 rings (SSSR count). The first-order chi connectivity index (χ1) is 7.80. The summed E-state index contributed by atoms with van der Waals surface area (Å²) in [6, 6.07) is 8.07. The average Bonchev–Trinajstić information content (AvgIpc) is 2.34. The van der Waals surface area contributed by atoms with Gasteiger partial charge in [-0.3, -0.25) is 0 Å². The summed E-state index contributed by atoms with van der Waals surface area (Å²) in [6.07, 6.45) is 4.09. The second-order valence-corrected chi connectivity index (χ2v) is 4.87. The van der Waals surface area contributed by atoms with Gasteiger partial charge in [0.1, 0.15) is 5.75 Å². The zero-order chi connectivity index (χ0) is 11.8. The molecule has 0 aliphatic heterocycles. The molecule has 1 atom stereocenters. The van der Waals surface area contributed by atoms with Crippen LogP contribution in [0.2, 0.25) is 0 Å². The third kappa shape index (κ3) is 4.45. The Balaban J connectivity index is 2.55. The van der Waals surface area contributed by atoms with Crippen molar-refractivity contribution in [3.63, 3.8) is 0 Å². The fourth-order valence-corrected chi connectivity index (χ4v) is 2.24. The van der Waals surface area contributed by atoms with Crippen LogP contribution in [0.4, 0.5) is 0 Å². The number of hydrogen-bond acceptors (Lipinski definition) is 3. The molecule has 0 aromatic heterocycles. The van der Waals surface area contributed by atoms with Crippen LogP contribution in [0.15, 0.2) is 24.3 Å². The van der Waals surface area contributed by atoms with E-state index < -0.39 is 0 Å². The van der Waals surface area contributed by atoms with Gasteiger partial charge >= 0.3 is 0 Å². The van der Waals surface area contributed by atoms with E-state index in [1.165, 1.54) is 5.56 Å². The number of benzene rings is 1. The first-order valence-electron chi connectivity index (χ1n) is 5.53. The van der Waals surface area contributed by atoms with Crippen molar-refractivity contribution in [3.8, 4) is 5.75 Å². The maximum absolute atomic E-state index is 9.30. The summed E-state index contributed by atoms with van der Waals surface area (Å²) in [6.45, 7) is 0.262. The standard InChI is InChI=1S/C13H20O2S/c1-15-13-5-3-4-11(9-13)8-12(10-14)6-7-16-2/h3-5,9,12,14H,6-8,10H2,1-2H3. The van der Waals surface area contributed by atoms with Gasteiger partial charge in [-0.1, -0.05) is 12.1 Å². The predicted octanol–water partition coefficient (Wildman–Crippen LogP) is 2.60. The highest BCUT2D eigenvalue weighted by molar-refractivity contribution is 7.98. The van der Waals surface area contributed by atoms with Gasteiger partial charge in [0.15, 0.2) is 0 Å². The topological polar surface area (TPSA) is 29.5 Å². The van der Waals surface area contributed by atoms with Crippen molar-refractivity contribution >= 4 is 11.8 Å². The molecule has 0 bridgehead atoms. The van der Waals surface area contributed by atoms with Gasteiger partial charge in [0.05, 0.1) is 7.11 Å². The maximum atomic E-state index is 9.30. The van der Waals surface area contributed by atoms with Crippen LogP contribution in [0.3, 0.4) is 0 Å². The van der Waals surface area contributed by atoms with E-state index in [1.807, 2.05) is 30.0 Å². The largest absolute Gasteiger partial charge is 0.497 e. The Labute approximate surface area is 102 Å². The number of thioether (sulfide) groups is 1. The predicted molar refractivity (Wildman–Crippen MR) is 70.3 cm³/mol. The minimum Gasteiger partial charge on any atom is -0.497 e. The molecule has 0 amide bonds. The van der Waals surface area contributed by atoms with Gasteiger partial charge in [-0.05, 0) is 48.5 Å². The molecule has 1 aromatic rings. The number of methoxy groups -OCH3 is 1. The van der Waals surface area contributed by atoms with Crippen molar-refractivity contribution in [2.75, 3.05) is 25.7 Å². The summed E-state index contributed by atoms with van der Waals surface area (Å²) in [7, 11) is 1.68. The number of aliphatic hydroxyl groups excluding tert-OH is 1. The van der Waals surface area contributed by atoms with E-state index in [9.17, 15) is 5.11 Å². The monoisotopic (exact) mass is 240 g/mol. The van der Waals surface area contributed by atoms with Crippen LogP contribution in [0, 0.1) is 5.92 Å². The Morgan fingerprint density at radius 2 is 2.25 bits per heavy atom. The first-order valence-corrected chi connectivity index (χ1v) is 6.92. The van der Waals surface area contributed by atoms with Gasteiger partial charge in [-0.15, -0.1) is 0 Å². The molecule has 0 saturated heterocycles. The Kier molecular flexibility index (Phi) is 6.34. The van der Waals surface area contributed by atoms with E-state index in [-0.39, 0.29) is 6.61 Å². The smallest absolute Gasteiger partial charge is 0.119 e. The van der Waals surface area contributed by atoms with E-state index >= 15 is 0 Å². The Hall–Kier alpha value is -0.670. The summed E-state index contributed by atoms with van der Waals surface area (Å²) >= 11 is 1.83. The quantitative estimate of drug-likeness (QED) is 0.794. The second kappa shape index (κ2) is 7.58. The van der Waals surface area contributed by atoms with Crippen LogP contribution < -0.4 is 4.74 Å². The molecule has 2 nitrogen and oxygen atoms in total. The molecule has 0 aliphatic rings. The molecule has 0 fully saturated rings. The fourth-order valence-electron chi connectivity index (χ4n) is 1.68. The van der Waals surface area contributed by atoms with Crippen molar-refractivity contribution in [1.29, 1.82) is 0 Å². The minimum atomic E-state index is 0.262. The van der Waals surface area contributed by atoms with Crippen molar-refractivity contribution in [2.24, 2.45) is 5.92 Å². The van der Waals surface area contributed by atoms with Gasteiger partial charge in [-0.25, -0.2) is 0 Å². The average molecular weight is 240 g/mol. The van der Waals surface area contributed by atoms with Crippen molar-refractivity contribution in [2.45, 2.75) is 12.8 Å². The third-order valence-corrected chi connectivity index (χ3v) is 3.29. The van der Waals surface area contributed by atoms with E-state index in [0.717, 1.165) is 24.3 Å². The third-order valence-electron chi connectivity index (χ3n) is 2.65. The lowest BCUT2D eigenvalue weighted by Gasteiger charge is -2.13. The normalized spacial score (nSPS) is 12.4. The number of rotatable bonds is 7. The summed E-state index contributed by atoms with van der Waals surface area (Å²) in [5.74, 6) is 2.36. The van der Waals surface area contributed by atoms with Gasteiger partial charge in [0.25, 0.3) is 0 Å². The van der Waals surface area contributed by atoms with E-state index in [4.69, 9.17) is 4.74 Å². The zero-order valence-corrected chi connectivity index (χ0v) is 10.8. The number of aliphatic hydroxyl groups is 1. The highest BCUT2D eigenvalue weighted by Gasteiger charge is 2.08. The Morgan fingerprint density at radius 3 is 2.88 bits per heavy atom. The molecule has 90 valence electrons. The molecular weight excluding hydrogens is 220 g/mol. The van der Waals surface area contributed by atoms with Crippen molar-refractivity contribution < 1.29 is 9.84 Å². The van der Waals surface area contributed by atoms with Crippen molar-refractivity contribution in [1.82, 2.24) is 0 Å². The SMILES string of the molecule is COc1cccc(CC(CO)CCSC)c1. The van der Waals surface area contributed by atoms with Gasteiger partial charge < -0.3 is 9.84 Å². The molecule has 3 heteroatoms. The first kappa shape index (κ1) is 13.4. The van der Waals surface area contributed by atoms with Crippen LogP contribution in [0.1, 0.15) is 12.0 Å². The van der Waals surface area contributed by atoms with Crippen LogP contribution in [-0.2, 0) is 6.42 Å². The van der Waals surface area contributed by atoms with Crippen LogP contribution in [0.5, 0.6) is 5.75 Å². The van der Waals surface area contributed by atoms with E-state index in [2.05, 4.69) is 12.3 Å². The molecule has 1 unspecified atom stereocenters. The molecule has 0 aliphatic carbocycles. The molecule has 0 radical (unpaired) electrons. The highest BCUT2D eigenvalue weighted by atomic mass is 32.2. The second-order valence-electron chi connectivity index (χ2n) is 3.89. The van der Waals surface area contributed by atoms with Gasteiger partial charge in [0.2, 0.25) is 0 Å². The summed E-state index contributed by atoms with van der Waals surface area (Å²) in [5, 5.41) is 9.30. The lowest BCUT2D eigenvalue weighted by molar-refractivity contribution is 0.223.